The van der Waals surface area contributed by atoms with Gasteiger partial charge in [-0.2, -0.15) is 0 Å². The quantitative estimate of drug-likeness (QED) is 0.451. The van der Waals surface area contributed by atoms with Crippen LogP contribution in [0.25, 0.3) is 0 Å². The van der Waals surface area contributed by atoms with Crippen LogP contribution in [0, 0.1) is 0 Å². The minimum Gasteiger partial charge on any atom is -0.382 e. The van der Waals surface area contributed by atoms with Crippen molar-refractivity contribution in [2.24, 2.45) is 0 Å². The Morgan fingerprint density at radius 1 is 1.27 bits per heavy atom. The van der Waals surface area contributed by atoms with Crippen LogP contribution in [0.1, 0.15) is 6.42 Å². The van der Waals surface area contributed by atoms with Gasteiger partial charge in [0.05, 0.1) is 19.3 Å². The van der Waals surface area contributed by atoms with E-state index in [2.05, 4.69) is 24.3 Å². The Balaban J connectivity index is 2.10. The largest absolute Gasteiger partial charge is 0.382 e. The SMILES string of the molecule is COCCOC1C=CCC=C1. The van der Waals surface area contributed by atoms with Gasteiger partial charge in [-0.25, -0.2) is 0 Å². The molecule has 0 aromatic carbocycles. The Morgan fingerprint density at radius 2 is 2.00 bits per heavy atom. The number of ether oxygens (including phenoxy) is 2. The number of methoxy groups -OCH3 is 1. The second-order valence-corrected chi connectivity index (χ2v) is 2.42. The molecule has 0 fully saturated rings. The molecule has 2 heteroatoms. The highest BCUT2D eigenvalue weighted by molar-refractivity contribution is 5.10. The summed E-state index contributed by atoms with van der Waals surface area (Å²) in [6, 6.07) is 0. The van der Waals surface area contributed by atoms with E-state index in [1.54, 1.807) is 7.11 Å². The molecule has 11 heavy (non-hydrogen) atoms. The van der Waals surface area contributed by atoms with E-state index in [0.717, 1.165) is 6.42 Å². The summed E-state index contributed by atoms with van der Waals surface area (Å²) in [6.07, 6.45) is 9.55. The van der Waals surface area contributed by atoms with E-state index in [0.29, 0.717) is 13.2 Å². The van der Waals surface area contributed by atoms with Gasteiger partial charge in [-0.15, -0.1) is 0 Å². The molecule has 62 valence electrons. The van der Waals surface area contributed by atoms with E-state index in [1.165, 1.54) is 0 Å². The van der Waals surface area contributed by atoms with Gasteiger partial charge >= 0.3 is 0 Å². The van der Waals surface area contributed by atoms with E-state index < -0.39 is 0 Å². The van der Waals surface area contributed by atoms with Crippen molar-refractivity contribution in [3.63, 3.8) is 0 Å². The summed E-state index contributed by atoms with van der Waals surface area (Å²) in [5.74, 6) is 0. The molecule has 0 aliphatic heterocycles. The van der Waals surface area contributed by atoms with Crippen molar-refractivity contribution < 1.29 is 9.47 Å². The van der Waals surface area contributed by atoms with Crippen molar-refractivity contribution in [3.05, 3.63) is 24.3 Å². The van der Waals surface area contributed by atoms with Gasteiger partial charge in [0.25, 0.3) is 0 Å². The average Bonchev–Trinajstić information content (AvgIpc) is 2.07. The first-order valence-corrected chi connectivity index (χ1v) is 3.87. The summed E-state index contributed by atoms with van der Waals surface area (Å²) in [5.41, 5.74) is 0. The van der Waals surface area contributed by atoms with Crippen LogP contribution in [0.5, 0.6) is 0 Å². The van der Waals surface area contributed by atoms with Gasteiger partial charge in [0.2, 0.25) is 0 Å². The highest BCUT2D eigenvalue weighted by Crippen LogP contribution is 2.04. The standard InChI is InChI=1S/C9H14O2/c1-10-7-8-11-9-5-3-2-4-6-9/h3-6,9H,2,7-8H2,1H3. The Hall–Kier alpha value is -0.600. The summed E-state index contributed by atoms with van der Waals surface area (Å²) in [5, 5.41) is 0. The number of allylic oxidation sites excluding steroid dienone is 2. The molecule has 0 saturated heterocycles. The molecule has 0 aromatic rings. The molecule has 0 atom stereocenters. The second kappa shape index (κ2) is 5.10. The molecule has 0 heterocycles. The Labute approximate surface area is 67.5 Å². The summed E-state index contributed by atoms with van der Waals surface area (Å²) in [4.78, 5) is 0. The van der Waals surface area contributed by atoms with Gasteiger partial charge in [0.15, 0.2) is 0 Å². The van der Waals surface area contributed by atoms with Crippen molar-refractivity contribution in [1.29, 1.82) is 0 Å². The molecule has 0 radical (unpaired) electrons. The zero-order chi connectivity index (χ0) is 7.94. The van der Waals surface area contributed by atoms with Gasteiger partial charge in [-0.1, -0.05) is 24.3 Å². The third-order valence-electron chi connectivity index (χ3n) is 1.52. The van der Waals surface area contributed by atoms with E-state index >= 15 is 0 Å². The Morgan fingerprint density at radius 3 is 2.64 bits per heavy atom. The highest BCUT2D eigenvalue weighted by atomic mass is 16.5. The van der Waals surface area contributed by atoms with E-state index in [4.69, 9.17) is 9.47 Å². The first-order valence-electron chi connectivity index (χ1n) is 3.87. The maximum Gasteiger partial charge on any atom is 0.0938 e. The molecule has 1 aliphatic carbocycles. The third kappa shape index (κ3) is 3.35. The summed E-state index contributed by atoms with van der Waals surface area (Å²) in [7, 11) is 1.68. The van der Waals surface area contributed by atoms with Gasteiger partial charge in [-0.05, 0) is 6.42 Å². The van der Waals surface area contributed by atoms with Crippen molar-refractivity contribution in [2.75, 3.05) is 20.3 Å². The lowest BCUT2D eigenvalue weighted by molar-refractivity contribution is 0.0580. The predicted molar refractivity (Wildman–Crippen MR) is 44.5 cm³/mol. The van der Waals surface area contributed by atoms with Crippen LogP contribution in [-0.4, -0.2) is 26.4 Å². The van der Waals surface area contributed by atoms with Crippen LogP contribution in [0.4, 0.5) is 0 Å². The van der Waals surface area contributed by atoms with Gasteiger partial charge in [0, 0.05) is 7.11 Å². The summed E-state index contributed by atoms with van der Waals surface area (Å²) >= 11 is 0. The lowest BCUT2D eigenvalue weighted by atomic mass is 10.2. The normalized spacial score (nSPS) is 17.5. The van der Waals surface area contributed by atoms with Crippen LogP contribution in [0.2, 0.25) is 0 Å². The van der Waals surface area contributed by atoms with Gasteiger partial charge < -0.3 is 9.47 Å². The van der Waals surface area contributed by atoms with Gasteiger partial charge in [-0.3, -0.25) is 0 Å². The third-order valence-corrected chi connectivity index (χ3v) is 1.52. The van der Waals surface area contributed by atoms with Crippen LogP contribution in [0.15, 0.2) is 24.3 Å². The summed E-state index contributed by atoms with van der Waals surface area (Å²) in [6.45, 7) is 1.33. The van der Waals surface area contributed by atoms with Crippen LogP contribution in [0.3, 0.4) is 0 Å². The molecule has 0 N–H and O–H groups in total. The molecule has 0 aromatic heterocycles. The molecule has 2 nitrogen and oxygen atoms in total. The highest BCUT2D eigenvalue weighted by Gasteiger charge is 2.00. The fraction of sp³-hybridized carbons (Fsp3) is 0.556. The van der Waals surface area contributed by atoms with Crippen molar-refractivity contribution in [1.82, 2.24) is 0 Å². The van der Waals surface area contributed by atoms with Crippen LogP contribution < -0.4 is 0 Å². The maximum atomic E-state index is 5.42. The van der Waals surface area contributed by atoms with E-state index in [1.807, 2.05) is 0 Å². The minimum absolute atomic E-state index is 0.166. The predicted octanol–water partition coefficient (Wildman–Crippen LogP) is 1.53. The van der Waals surface area contributed by atoms with Crippen LogP contribution in [-0.2, 0) is 9.47 Å². The van der Waals surface area contributed by atoms with E-state index in [9.17, 15) is 0 Å². The molecular weight excluding hydrogens is 140 g/mol. The summed E-state index contributed by atoms with van der Waals surface area (Å²) < 4.78 is 10.3. The van der Waals surface area contributed by atoms with Crippen molar-refractivity contribution >= 4 is 0 Å². The topological polar surface area (TPSA) is 18.5 Å². The molecule has 0 spiro atoms. The Bertz CT molecular complexity index is 138. The fourth-order valence-electron chi connectivity index (χ4n) is 0.947. The molecule has 1 rings (SSSR count). The van der Waals surface area contributed by atoms with Crippen molar-refractivity contribution in [2.45, 2.75) is 12.5 Å². The zero-order valence-electron chi connectivity index (χ0n) is 6.82. The molecule has 0 bridgehead atoms. The lowest BCUT2D eigenvalue weighted by Crippen LogP contribution is -2.12. The number of hydrogen-bond acceptors (Lipinski definition) is 2. The lowest BCUT2D eigenvalue weighted by Gasteiger charge is -2.11. The smallest absolute Gasteiger partial charge is 0.0938 e. The molecule has 0 amide bonds. The maximum absolute atomic E-state index is 5.42. The molecule has 1 aliphatic rings. The number of hydrogen-bond donors (Lipinski definition) is 0. The van der Waals surface area contributed by atoms with E-state index in [-0.39, 0.29) is 6.10 Å². The fourth-order valence-corrected chi connectivity index (χ4v) is 0.947. The minimum atomic E-state index is 0.166. The van der Waals surface area contributed by atoms with Crippen LogP contribution >= 0.6 is 0 Å². The molecule has 0 saturated carbocycles. The first-order chi connectivity index (χ1) is 5.43. The average molecular weight is 154 g/mol. The van der Waals surface area contributed by atoms with Gasteiger partial charge in [0.1, 0.15) is 0 Å². The zero-order valence-corrected chi connectivity index (χ0v) is 6.82. The monoisotopic (exact) mass is 154 g/mol. The Kier molecular flexibility index (Phi) is 3.94. The second-order valence-electron chi connectivity index (χ2n) is 2.42. The number of rotatable bonds is 4. The molecular formula is C9H14O2. The molecule has 0 unspecified atom stereocenters. The first kappa shape index (κ1) is 8.50. The van der Waals surface area contributed by atoms with Crippen molar-refractivity contribution in [3.8, 4) is 0 Å².